The van der Waals surface area contributed by atoms with Crippen molar-refractivity contribution >= 4 is 16.0 Å². The van der Waals surface area contributed by atoms with Gasteiger partial charge in [0.25, 0.3) is 10.0 Å². The molecule has 0 amide bonds. The second-order valence-electron chi connectivity index (χ2n) is 5.78. The molecule has 1 N–H and O–H groups in total. The number of carbonyl (C=O) groups is 1. The first kappa shape index (κ1) is 15.8. The van der Waals surface area contributed by atoms with Gasteiger partial charge in [0.15, 0.2) is 0 Å². The smallest absolute Gasteiger partial charge is 0.372 e. The molecule has 1 aliphatic heterocycles. The summed E-state index contributed by atoms with van der Waals surface area (Å²) < 4.78 is 32.0. The summed E-state index contributed by atoms with van der Waals surface area (Å²) in [5.74, 6) is -1.56. The number of aryl methyl sites for hydroxylation is 1. The zero-order valence-electron chi connectivity index (χ0n) is 12.8. The molecule has 0 bridgehead atoms. The number of benzene rings is 1. The number of carboxylic acids is 1. The fraction of sp³-hybridized carbons (Fsp3) is 0.312. The molecule has 0 spiro atoms. The number of carboxylic acid groups (broad SMARTS) is 1. The highest BCUT2D eigenvalue weighted by atomic mass is 32.2. The molecule has 122 valence electrons. The number of hydrogen-bond donors (Lipinski definition) is 1. The van der Waals surface area contributed by atoms with Crippen molar-refractivity contribution in [3.05, 3.63) is 52.8 Å². The largest absolute Gasteiger partial charge is 0.475 e. The van der Waals surface area contributed by atoms with Gasteiger partial charge < -0.3 is 9.52 Å². The Labute approximate surface area is 134 Å². The lowest BCUT2D eigenvalue weighted by molar-refractivity contribution is 0.0655. The zero-order chi connectivity index (χ0) is 16.8. The van der Waals surface area contributed by atoms with Gasteiger partial charge in [-0.2, -0.15) is 4.31 Å². The van der Waals surface area contributed by atoms with E-state index >= 15 is 0 Å². The van der Waals surface area contributed by atoms with E-state index < -0.39 is 16.0 Å². The van der Waals surface area contributed by atoms with Gasteiger partial charge in [-0.25, -0.2) is 13.2 Å². The van der Waals surface area contributed by atoms with Crippen LogP contribution in [0.2, 0.25) is 0 Å². The molecule has 2 aromatic rings. The van der Waals surface area contributed by atoms with Crippen LogP contribution < -0.4 is 0 Å². The SMILES string of the molecule is Cc1cc(S(=O)(=O)N2Cc3ccccc3C(C)C2)oc1C(=O)O. The maximum atomic E-state index is 12.8. The van der Waals surface area contributed by atoms with E-state index in [9.17, 15) is 13.2 Å². The van der Waals surface area contributed by atoms with Crippen LogP contribution in [0.15, 0.2) is 39.8 Å². The summed E-state index contributed by atoms with van der Waals surface area (Å²) in [7, 11) is -3.87. The Morgan fingerprint density at radius 3 is 2.70 bits per heavy atom. The van der Waals surface area contributed by atoms with E-state index in [4.69, 9.17) is 9.52 Å². The van der Waals surface area contributed by atoms with Gasteiger partial charge in [0.2, 0.25) is 10.9 Å². The van der Waals surface area contributed by atoms with Crippen molar-refractivity contribution in [1.29, 1.82) is 0 Å². The quantitative estimate of drug-likeness (QED) is 0.931. The number of fused-ring (bicyclic) bond motifs is 1. The molecule has 1 aliphatic rings. The van der Waals surface area contributed by atoms with Crippen LogP contribution in [0.5, 0.6) is 0 Å². The van der Waals surface area contributed by atoms with E-state index in [1.165, 1.54) is 17.3 Å². The van der Waals surface area contributed by atoms with Crippen molar-refractivity contribution in [3.8, 4) is 0 Å². The third-order valence-electron chi connectivity index (χ3n) is 4.09. The molecule has 0 saturated heterocycles. The summed E-state index contributed by atoms with van der Waals surface area (Å²) in [6.45, 7) is 4.07. The Morgan fingerprint density at radius 2 is 2.04 bits per heavy atom. The third-order valence-corrected chi connectivity index (χ3v) is 5.76. The van der Waals surface area contributed by atoms with Crippen molar-refractivity contribution in [2.75, 3.05) is 6.54 Å². The number of furan rings is 1. The van der Waals surface area contributed by atoms with E-state index in [1.54, 1.807) is 0 Å². The third kappa shape index (κ3) is 2.66. The van der Waals surface area contributed by atoms with Crippen LogP contribution in [-0.4, -0.2) is 30.3 Å². The van der Waals surface area contributed by atoms with E-state index in [1.807, 2.05) is 31.2 Å². The number of aromatic carboxylic acids is 1. The first-order chi connectivity index (χ1) is 10.8. The van der Waals surface area contributed by atoms with Gasteiger partial charge in [0.05, 0.1) is 0 Å². The van der Waals surface area contributed by atoms with Gasteiger partial charge in [-0.3, -0.25) is 0 Å². The van der Waals surface area contributed by atoms with Crippen molar-refractivity contribution in [3.63, 3.8) is 0 Å². The molecular formula is C16H17NO5S. The molecule has 3 rings (SSSR count). The van der Waals surface area contributed by atoms with Crippen LogP contribution in [0.1, 0.15) is 40.1 Å². The van der Waals surface area contributed by atoms with Gasteiger partial charge in [0.1, 0.15) is 0 Å². The summed E-state index contributed by atoms with van der Waals surface area (Å²) in [5.41, 5.74) is 2.39. The lowest BCUT2D eigenvalue weighted by Crippen LogP contribution is -2.37. The van der Waals surface area contributed by atoms with Crippen molar-refractivity contribution in [1.82, 2.24) is 4.31 Å². The maximum Gasteiger partial charge on any atom is 0.372 e. The Hall–Kier alpha value is -2.12. The highest BCUT2D eigenvalue weighted by molar-refractivity contribution is 7.89. The zero-order valence-corrected chi connectivity index (χ0v) is 13.6. The molecule has 7 heteroatoms. The first-order valence-electron chi connectivity index (χ1n) is 7.22. The van der Waals surface area contributed by atoms with Crippen LogP contribution in [0.3, 0.4) is 0 Å². The normalized spacial score (nSPS) is 18.6. The van der Waals surface area contributed by atoms with E-state index in [0.717, 1.165) is 11.1 Å². The van der Waals surface area contributed by atoms with Crippen molar-refractivity contribution < 1.29 is 22.7 Å². The molecular weight excluding hydrogens is 318 g/mol. The van der Waals surface area contributed by atoms with E-state index in [0.29, 0.717) is 12.1 Å². The summed E-state index contributed by atoms with van der Waals surface area (Å²) in [6.07, 6.45) is 0. The monoisotopic (exact) mass is 335 g/mol. The fourth-order valence-electron chi connectivity index (χ4n) is 2.92. The average Bonchev–Trinajstić information content (AvgIpc) is 2.90. The van der Waals surface area contributed by atoms with Gasteiger partial charge in [-0.15, -0.1) is 0 Å². The average molecular weight is 335 g/mol. The number of sulfonamides is 1. The van der Waals surface area contributed by atoms with Crippen molar-refractivity contribution in [2.45, 2.75) is 31.4 Å². The van der Waals surface area contributed by atoms with Crippen LogP contribution in [0.25, 0.3) is 0 Å². The molecule has 1 aromatic carbocycles. The molecule has 1 unspecified atom stereocenters. The molecule has 1 aromatic heterocycles. The molecule has 0 radical (unpaired) electrons. The molecule has 2 heterocycles. The summed E-state index contributed by atoms with van der Waals surface area (Å²) in [6, 6.07) is 8.99. The predicted octanol–water partition coefficient (Wildman–Crippen LogP) is 2.59. The van der Waals surface area contributed by atoms with Crippen LogP contribution in [0.4, 0.5) is 0 Å². The minimum atomic E-state index is -3.87. The predicted molar refractivity (Wildman–Crippen MR) is 82.9 cm³/mol. The van der Waals surface area contributed by atoms with Crippen LogP contribution >= 0.6 is 0 Å². The molecule has 23 heavy (non-hydrogen) atoms. The fourth-order valence-corrected chi connectivity index (χ4v) is 4.42. The molecule has 0 fully saturated rings. The highest BCUT2D eigenvalue weighted by Gasteiger charge is 2.34. The van der Waals surface area contributed by atoms with Crippen LogP contribution in [0, 0.1) is 6.92 Å². The summed E-state index contributed by atoms with van der Waals surface area (Å²) >= 11 is 0. The lowest BCUT2D eigenvalue weighted by Gasteiger charge is -2.31. The molecule has 0 aliphatic carbocycles. The van der Waals surface area contributed by atoms with Gasteiger partial charge >= 0.3 is 5.97 Å². The minimum Gasteiger partial charge on any atom is -0.475 e. The topological polar surface area (TPSA) is 87.8 Å². The van der Waals surface area contributed by atoms with Crippen LogP contribution in [-0.2, 0) is 16.6 Å². The lowest BCUT2D eigenvalue weighted by atomic mass is 9.92. The van der Waals surface area contributed by atoms with Gasteiger partial charge in [0, 0.05) is 24.7 Å². The first-order valence-corrected chi connectivity index (χ1v) is 8.66. The Kier molecular flexibility index (Phi) is 3.77. The highest BCUT2D eigenvalue weighted by Crippen LogP contribution is 2.32. The Morgan fingerprint density at radius 1 is 1.35 bits per heavy atom. The second-order valence-corrected chi connectivity index (χ2v) is 7.65. The molecule has 1 atom stereocenters. The number of nitrogens with zero attached hydrogens (tertiary/aromatic N) is 1. The summed E-state index contributed by atoms with van der Waals surface area (Å²) in [4.78, 5) is 11.1. The maximum absolute atomic E-state index is 12.8. The van der Waals surface area contributed by atoms with Gasteiger partial charge in [-0.1, -0.05) is 31.2 Å². The number of hydrogen-bond acceptors (Lipinski definition) is 4. The minimum absolute atomic E-state index is 0.0599. The van der Waals surface area contributed by atoms with E-state index in [2.05, 4.69) is 0 Å². The van der Waals surface area contributed by atoms with E-state index in [-0.39, 0.29) is 23.3 Å². The van der Waals surface area contributed by atoms with Crippen molar-refractivity contribution in [2.24, 2.45) is 0 Å². The molecule has 0 saturated carbocycles. The Bertz CT molecular complexity index is 868. The Balaban J connectivity index is 1.98. The summed E-state index contributed by atoms with van der Waals surface area (Å²) in [5, 5.41) is 8.70. The second kappa shape index (κ2) is 5.50. The van der Waals surface area contributed by atoms with Gasteiger partial charge in [-0.05, 0) is 24.0 Å². The standard InChI is InChI=1S/C16H17NO5S/c1-10-7-14(22-15(10)16(18)19)23(20,21)17-8-11(2)13-6-4-3-5-12(13)9-17/h3-7,11H,8-9H2,1-2H3,(H,18,19). The number of rotatable bonds is 3. The molecule has 6 nitrogen and oxygen atoms in total.